The highest BCUT2D eigenvalue weighted by atomic mass is 16.2. The Morgan fingerprint density at radius 2 is 2.05 bits per heavy atom. The van der Waals surface area contributed by atoms with Crippen LogP contribution in [-0.4, -0.2) is 11.0 Å². The van der Waals surface area contributed by atoms with Crippen molar-refractivity contribution in [3.8, 4) is 0 Å². The fourth-order valence-electron chi connectivity index (χ4n) is 1.66. The molecule has 98 valence electrons. The molecule has 0 radical (unpaired) electrons. The Morgan fingerprint density at radius 1 is 1.21 bits per heavy atom. The van der Waals surface area contributed by atoms with Gasteiger partial charge in [-0.25, -0.2) is 4.79 Å². The van der Waals surface area contributed by atoms with Gasteiger partial charge in [-0.15, -0.1) is 0 Å². The molecule has 0 bridgehead atoms. The van der Waals surface area contributed by atoms with Gasteiger partial charge in [-0.1, -0.05) is 24.3 Å². The molecule has 0 saturated heterocycles. The zero-order valence-corrected chi connectivity index (χ0v) is 10.5. The minimum Gasteiger partial charge on any atom is -0.334 e. The molecular weight excluding hydrogens is 240 g/mol. The van der Waals surface area contributed by atoms with Crippen LogP contribution in [0.15, 0.2) is 48.8 Å². The highest BCUT2D eigenvalue weighted by Gasteiger charge is 2.01. The molecule has 0 aliphatic carbocycles. The van der Waals surface area contributed by atoms with Crippen molar-refractivity contribution in [3.05, 3.63) is 59.9 Å². The van der Waals surface area contributed by atoms with Gasteiger partial charge in [0, 0.05) is 19.3 Å². The third-order valence-electron chi connectivity index (χ3n) is 2.60. The van der Waals surface area contributed by atoms with E-state index in [0.29, 0.717) is 18.8 Å². The summed E-state index contributed by atoms with van der Waals surface area (Å²) >= 11 is 0. The van der Waals surface area contributed by atoms with Gasteiger partial charge in [0.1, 0.15) is 0 Å². The Morgan fingerprint density at radius 3 is 2.79 bits per heavy atom. The van der Waals surface area contributed by atoms with Crippen molar-refractivity contribution in [2.45, 2.75) is 13.1 Å². The first-order valence-electron chi connectivity index (χ1n) is 6.00. The lowest BCUT2D eigenvalue weighted by Gasteiger charge is -2.08. The molecule has 2 aromatic rings. The highest BCUT2D eigenvalue weighted by Crippen LogP contribution is 2.05. The van der Waals surface area contributed by atoms with Gasteiger partial charge >= 0.3 is 6.03 Å². The zero-order valence-electron chi connectivity index (χ0n) is 10.5. The molecule has 5 nitrogen and oxygen atoms in total. The van der Waals surface area contributed by atoms with E-state index in [4.69, 9.17) is 5.73 Å². The average molecular weight is 256 g/mol. The Labute approximate surface area is 111 Å². The number of anilines is 1. The Balaban J connectivity index is 1.86. The lowest BCUT2D eigenvalue weighted by Crippen LogP contribution is -2.28. The number of urea groups is 1. The summed E-state index contributed by atoms with van der Waals surface area (Å²) in [6, 6.07) is 11.1. The topological polar surface area (TPSA) is 80.0 Å². The monoisotopic (exact) mass is 256 g/mol. The maximum Gasteiger partial charge on any atom is 0.319 e. The Kier molecular flexibility index (Phi) is 4.47. The number of nitrogens with zero attached hydrogens (tertiary/aromatic N) is 1. The van der Waals surface area contributed by atoms with Crippen LogP contribution in [0.25, 0.3) is 0 Å². The first-order valence-corrected chi connectivity index (χ1v) is 6.00. The third-order valence-corrected chi connectivity index (χ3v) is 2.60. The molecule has 5 heteroatoms. The molecule has 0 saturated carbocycles. The number of benzene rings is 1. The van der Waals surface area contributed by atoms with Crippen LogP contribution in [0.1, 0.15) is 11.1 Å². The van der Waals surface area contributed by atoms with E-state index in [1.54, 1.807) is 24.5 Å². The lowest BCUT2D eigenvalue weighted by atomic mass is 10.1. The van der Waals surface area contributed by atoms with Gasteiger partial charge in [0.15, 0.2) is 0 Å². The molecule has 0 atom stereocenters. The molecule has 0 spiro atoms. The van der Waals surface area contributed by atoms with E-state index >= 15 is 0 Å². The van der Waals surface area contributed by atoms with Gasteiger partial charge in [-0.05, 0) is 23.3 Å². The lowest BCUT2D eigenvalue weighted by molar-refractivity contribution is 0.251. The molecule has 0 fully saturated rings. The minimum atomic E-state index is -0.258. The number of rotatable bonds is 4. The number of nitrogens with one attached hydrogen (secondary N) is 2. The van der Waals surface area contributed by atoms with Crippen LogP contribution in [0.4, 0.5) is 10.5 Å². The van der Waals surface area contributed by atoms with Crippen molar-refractivity contribution >= 4 is 11.7 Å². The summed E-state index contributed by atoms with van der Waals surface area (Å²) in [6.07, 6.45) is 3.25. The van der Waals surface area contributed by atoms with Crippen molar-refractivity contribution in [3.63, 3.8) is 0 Å². The largest absolute Gasteiger partial charge is 0.334 e. The van der Waals surface area contributed by atoms with E-state index in [0.717, 1.165) is 11.1 Å². The van der Waals surface area contributed by atoms with E-state index in [9.17, 15) is 4.79 Å². The Bertz CT molecular complexity index is 542. The van der Waals surface area contributed by atoms with Crippen LogP contribution in [0.2, 0.25) is 0 Å². The maximum absolute atomic E-state index is 11.7. The van der Waals surface area contributed by atoms with Gasteiger partial charge in [0.2, 0.25) is 0 Å². The molecule has 19 heavy (non-hydrogen) atoms. The van der Waals surface area contributed by atoms with E-state index < -0.39 is 0 Å². The average Bonchev–Trinajstić information content (AvgIpc) is 2.46. The van der Waals surface area contributed by atoms with Gasteiger partial charge in [0.05, 0.1) is 11.9 Å². The summed E-state index contributed by atoms with van der Waals surface area (Å²) in [7, 11) is 0. The quantitative estimate of drug-likeness (QED) is 0.781. The number of carbonyl (C=O) groups is 1. The first-order chi connectivity index (χ1) is 9.28. The number of hydrogen-bond acceptors (Lipinski definition) is 3. The smallest absolute Gasteiger partial charge is 0.319 e. The van der Waals surface area contributed by atoms with Crippen LogP contribution in [0.5, 0.6) is 0 Å². The van der Waals surface area contributed by atoms with Gasteiger partial charge in [-0.3, -0.25) is 4.98 Å². The maximum atomic E-state index is 11.7. The van der Waals surface area contributed by atoms with E-state index in [-0.39, 0.29) is 6.03 Å². The van der Waals surface area contributed by atoms with Crippen LogP contribution < -0.4 is 16.4 Å². The number of aromatic nitrogens is 1. The molecular formula is C14H16N4O. The van der Waals surface area contributed by atoms with Gasteiger partial charge < -0.3 is 16.4 Å². The predicted molar refractivity (Wildman–Crippen MR) is 74.4 cm³/mol. The molecule has 0 aliphatic rings. The van der Waals surface area contributed by atoms with Crippen molar-refractivity contribution in [2.75, 3.05) is 5.32 Å². The summed E-state index contributed by atoms with van der Waals surface area (Å²) < 4.78 is 0. The summed E-state index contributed by atoms with van der Waals surface area (Å²) in [4.78, 5) is 15.6. The number of nitrogens with two attached hydrogens (primary N) is 1. The second-order valence-corrected chi connectivity index (χ2v) is 4.07. The van der Waals surface area contributed by atoms with Gasteiger partial charge in [-0.2, -0.15) is 0 Å². The molecule has 1 aromatic carbocycles. The second-order valence-electron chi connectivity index (χ2n) is 4.07. The molecule has 0 aliphatic heterocycles. The van der Waals surface area contributed by atoms with E-state index in [2.05, 4.69) is 15.6 Å². The number of carbonyl (C=O) groups excluding carboxylic acids is 1. The summed E-state index contributed by atoms with van der Waals surface area (Å²) in [6.45, 7) is 0.954. The number of amides is 2. The van der Waals surface area contributed by atoms with Gasteiger partial charge in [0.25, 0.3) is 0 Å². The van der Waals surface area contributed by atoms with E-state index in [1.165, 1.54) is 0 Å². The van der Waals surface area contributed by atoms with Crippen molar-refractivity contribution in [1.82, 2.24) is 10.3 Å². The molecule has 1 heterocycles. The van der Waals surface area contributed by atoms with Crippen molar-refractivity contribution in [2.24, 2.45) is 5.73 Å². The van der Waals surface area contributed by atoms with Crippen LogP contribution >= 0.6 is 0 Å². The van der Waals surface area contributed by atoms with Crippen molar-refractivity contribution < 1.29 is 4.79 Å². The number of hydrogen-bond donors (Lipinski definition) is 3. The molecule has 0 unspecified atom stereocenters. The Hall–Kier alpha value is -2.40. The number of pyridine rings is 1. The fourth-order valence-corrected chi connectivity index (χ4v) is 1.66. The molecule has 2 amide bonds. The summed E-state index contributed by atoms with van der Waals surface area (Å²) in [5.74, 6) is 0. The van der Waals surface area contributed by atoms with Crippen LogP contribution in [-0.2, 0) is 13.1 Å². The highest BCUT2D eigenvalue weighted by molar-refractivity contribution is 5.88. The summed E-state index contributed by atoms with van der Waals surface area (Å²) in [5.41, 5.74) is 8.30. The third kappa shape index (κ3) is 4.08. The van der Waals surface area contributed by atoms with Crippen LogP contribution in [0, 0.1) is 0 Å². The van der Waals surface area contributed by atoms with Crippen molar-refractivity contribution in [1.29, 1.82) is 0 Å². The fraction of sp³-hybridized carbons (Fsp3) is 0.143. The second kappa shape index (κ2) is 6.51. The summed E-state index contributed by atoms with van der Waals surface area (Å²) in [5, 5.41) is 5.48. The van der Waals surface area contributed by atoms with Crippen LogP contribution in [0.3, 0.4) is 0 Å². The zero-order chi connectivity index (χ0) is 13.5. The SMILES string of the molecule is NCc1cccc(CNC(=O)Nc2cccnc2)c1. The molecule has 2 rings (SSSR count). The minimum absolute atomic E-state index is 0.258. The van der Waals surface area contributed by atoms with E-state index in [1.807, 2.05) is 24.3 Å². The predicted octanol–water partition coefficient (Wildman–Crippen LogP) is 1.86. The molecule has 4 N–H and O–H groups in total. The normalized spacial score (nSPS) is 9.95. The standard InChI is InChI=1S/C14H16N4O/c15-8-11-3-1-4-12(7-11)9-17-14(19)18-13-5-2-6-16-10-13/h1-7,10H,8-9,15H2,(H2,17,18,19). The molecule has 1 aromatic heterocycles. The first kappa shape index (κ1) is 13.0.